The van der Waals surface area contributed by atoms with E-state index >= 15 is 0 Å². The number of hydrogen-bond acceptors (Lipinski definition) is 4. The Morgan fingerprint density at radius 1 is 1.11 bits per heavy atom. The minimum absolute atomic E-state index is 0.154. The number of anilines is 2. The van der Waals surface area contributed by atoms with Crippen LogP contribution in [0.5, 0.6) is 5.75 Å². The maximum atomic E-state index is 12.4. The molecule has 2 aromatic rings. The Bertz CT molecular complexity index is 887. The van der Waals surface area contributed by atoms with Gasteiger partial charge in [-0.25, -0.2) is 0 Å². The molecule has 0 spiro atoms. The number of amides is 2. The summed E-state index contributed by atoms with van der Waals surface area (Å²) in [6, 6.07) is 12.1. The van der Waals surface area contributed by atoms with Crippen molar-refractivity contribution < 1.29 is 14.3 Å². The van der Waals surface area contributed by atoms with Crippen molar-refractivity contribution in [2.24, 2.45) is 5.92 Å². The first-order valence-corrected chi connectivity index (χ1v) is 9.87. The summed E-state index contributed by atoms with van der Waals surface area (Å²) in [5, 5.41) is 8.40. The molecule has 28 heavy (non-hydrogen) atoms. The van der Waals surface area contributed by atoms with Gasteiger partial charge in [0.2, 0.25) is 5.91 Å². The van der Waals surface area contributed by atoms with Crippen molar-refractivity contribution in [1.82, 2.24) is 5.32 Å². The second-order valence-corrected chi connectivity index (χ2v) is 7.78. The first kappa shape index (κ1) is 21.8. The highest BCUT2D eigenvalue weighted by Gasteiger charge is 2.11. The highest BCUT2D eigenvalue weighted by molar-refractivity contribution is 9.10. The monoisotopic (exact) mass is 463 g/mol. The van der Waals surface area contributed by atoms with Gasteiger partial charge in [-0.3, -0.25) is 14.9 Å². The minimum atomic E-state index is -0.341. The van der Waals surface area contributed by atoms with Crippen molar-refractivity contribution in [2.45, 2.75) is 20.8 Å². The second-order valence-electron chi connectivity index (χ2n) is 6.52. The zero-order valence-corrected chi connectivity index (χ0v) is 18.2. The third-order valence-electron chi connectivity index (χ3n) is 3.43. The van der Waals surface area contributed by atoms with Gasteiger partial charge in [0, 0.05) is 23.9 Å². The van der Waals surface area contributed by atoms with Crippen LogP contribution < -0.4 is 20.7 Å². The molecule has 8 heteroatoms. The summed E-state index contributed by atoms with van der Waals surface area (Å²) < 4.78 is 6.38. The zero-order chi connectivity index (χ0) is 20.7. The van der Waals surface area contributed by atoms with E-state index in [1.165, 1.54) is 6.92 Å². The number of hydrogen-bond donors (Lipinski definition) is 3. The number of thiocarbonyl (C=S) groups is 1. The fourth-order valence-corrected chi connectivity index (χ4v) is 2.93. The second kappa shape index (κ2) is 10.2. The van der Waals surface area contributed by atoms with E-state index in [2.05, 4.69) is 45.7 Å². The fourth-order valence-electron chi connectivity index (χ4n) is 2.23. The van der Waals surface area contributed by atoms with Crippen molar-refractivity contribution in [3.8, 4) is 5.75 Å². The quantitative estimate of drug-likeness (QED) is 0.546. The van der Waals surface area contributed by atoms with Crippen molar-refractivity contribution in [2.75, 3.05) is 17.2 Å². The number of nitrogens with one attached hydrogen (secondary N) is 3. The topological polar surface area (TPSA) is 79.5 Å². The van der Waals surface area contributed by atoms with Crippen LogP contribution in [-0.2, 0) is 4.79 Å². The molecule has 2 aromatic carbocycles. The average Bonchev–Trinajstić information content (AvgIpc) is 2.60. The Balaban J connectivity index is 1.98. The van der Waals surface area contributed by atoms with Gasteiger partial charge in [-0.05, 0) is 70.5 Å². The summed E-state index contributed by atoms with van der Waals surface area (Å²) in [6.45, 7) is 6.16. The van der Waals surface area contributed by atoms with Crippen LogP contribution in [0.4, 0.5) is 11.4 Å². The SMILES string of the molecule is CC(=O)Nc1cccc(NC(=S)NC(=O)c2ccc(OCC(C)C)c(Br)c2)c1. The molecule has 6 nitrogen and oxygen atoms in total. The normalized spacial score (nSPS) is 10.3. The van der Waals surface area contributed by atoms with E-state index in [9.17, 15) is 9.59 Å². The van der Waals surface area contributed by atoms with Gasteiger partial charge in [-0.2, -0.15) is 0 Å². The van der Waals surface area contributed by atoms with Crippen LogP contribution in [0.2, 0.25) is 0 Å². The molecule has 0 radical (unpaired) electrons. The predicted octanol–water partition coefficient (Wildman–Crippen LogP) is 4.57. The molecule has 0 heterocycles. The summed E-state index contributed by atoms with van der Waals surface area (Å²) in [5.74, 6) is 0.578. The van der Waals surface area contributed by atoms with Gasteiger partial charge in [-0.1, -0.05) is 19.9 Å². The summed E-state index contributed by atoms with van der Waals surface area (Å²) in [5.41, 5.74) is 1.72. The van der Waals surface area contributed by atoms with Gasteiger partial charge < -0.3 is 15.4 Å². The van der Waals surface area contributed by atoms with E-state index in [0.717, 1.165) is 0 Å². The first-order chi connectivity index (χ1) is 13.2. The molecule has 0 fully saturated rings. The van der Waals surface area contributed by atoms with Crippen LogP contribution in [-0.4, -0.2) is 23.5 Å². The molecule has 0 aliphatic heterocycles. The highest BCUT2D eigenvalue weighted by atomic mass is 79.9. The Labute approximate surface area is 178 Å². The molecule has 2 amide bonds. The number of ether oxygens (including phenoxy) is 1. The van der Waals surface area contributed by atoms with Crippen molar-refractivity contribution in [3.05, 3.63) is 52.5 Å². The number of benzene rings is 2. The van der Waals surface area contributed by atoms with Gasteiger partial charge in [-0.15, -0.1) is 0 Å². The highest BCUT2D eigenvalue weighted by Crippen LogP contribution is 2.26. The lowest BCUT2D eigenvalue weighted by Crippen LogP contribution is -2.34. The fraction of sp³-hybridized carbons (Fsp3) is 0.250. The van der Waals surface area contributed by atoms with Crippen LogP contribution in [0.3, 0.4) is 0 Å². The van der Waals surface area contributed by atoms with Crippen LogP contribution in [0.25, 0.3) is 0 Å². The van der Waals surface area contributed by atoms with Crippen molar-refractivity contribution >= 4 is 56.4 Å². The van der Waals surface area contributed by atoms with Gasteiger partial charge in [0.25, 0.3) is 5.91 Å². The molecule has 0 aliphatic rings. The molecule has 2 rings (SSSR count). The number of rotatable bonds is 6. The number of carbonyl (C=O) groups is 2. The van der Waals surface area contributed by atoms with Gasteiger partial charge in [0.15, 0.2) is 5.11 Å². The molecule has 0 unspecified atom stereocenters. The van der Waals surface area contributed by atoms with Gasteiger partial charge in [0.05, 0.1) is 11.1 Å². The lowest BCUT2D eigenvalue weighted by molar-refractivity contribution is -0.114. The number of carbonyl (C=O) groups excluding carboxylic acids is 2. The Morgan fingerprint density at radius 2 is 1.79 bits per heavy atom. The van der Waals surface area contributed by atoms with Gasteiger partial charge >= 0.3 is 0 Å². The predicted molar refractivity (Wildman–Crippen MR) is 119 cm³/mol. The lowest BCUT2D eigenvalue weighted by Gasteiger charge is -2.13. The van der Waals surface area contributed by atoms with E-state index in [4.69, 9.17) is 17.0 Å². The third-order valence-corrected chi connectivity index (χ3v) is 4.26. The Kier molecular flexibility index (Phi) is 7.95. The summed E-state index contributed by atoms with van der Waals surface area (Å²) in [4.78, 5) is 23.6. The summed E-state index contributed by atoms with van der Waals surface area (Å²) in [7, 11) is 0. The molecule has 0 atom stereocenters. The van der Waals surface area contributed by atoms with Crippen LogP contribution in [0.15, 0.2) is 46.9 Å². The van der Waals surface area contributed by atoms with E-state index in [-0.39, 0.29) is 16.9 Å². The molecule has 148 valence electrons. The number of halogens is 1. The molecule has 0 saturated heterocycles. The lowest BCUT2D eigenvalue weighted by atomic mass is 10.2. The molecular formula is C20H22BrN3O3S. The van der Waals surface area contributed by atoms with E-state index in [0.29, 0.717) is 39.7 Å². The van der Waals surface area contributed by atoms with Crippen LogP contribution in [0, 0.1) is 5.92 Å². The Morgan fingerprint density at radius 3 is 2.39 bits per heavy atom. The first-order valence-electron chi connectivity index (χ1n) is 8.67. The van der Waals surface area contributed by atoms with E-state index in [1.54, 1.807) is 42.5 Å². The average molecular weight is 464 g/mol. The molecule has 3 N–H and O–H groups in total. The molecular weight excluding hydrogens is 442 g/mol. The van der Waals surface area contributed by atoms with Crippen LogP contribution >= 0.6 is 28.1 Å². The van der Waals surface area contributed by atoms with E-state index in [1.807, 2.05) is 0 Å². The standard InChI is InChI=1S/C20H22BrN3O3S/c1-12(2)11-27-18-8-7-14(9-17(18)21)19(26)24-20(28)23-16-6-4-5-15(10-16)22-13(3)25/h4-10,12H,11H2,1-3H3,(H,22,25)(H2,23,24,26,28). The largest absolute Gasteiger partial charge is 0.492 e. The maximum Gasteiger partial charge on any atom is 0.257 e. The summed E-state index contributed by atoms with van der Waals surface area (Å²) in [6.07, 6.45) is 0. The minimum Gasteiger partial charge on any atom is -0.492 e. The van der Waals surface area contributed by atoms with E-state index < -0.39 is 0 Å². The van der Waals surface area contributed by atoms with Crippen molar-refractivity contribution in [1.29, 1.82) is 0 Å². The van der Waals surface area contributed by atoms with Gasteiger partial charge in [0.1, 0.15) is 5.75 Å². The summed E-state index contributed by atoms with van der Waals surface area (Å²) >= 11 is 8.63. The molecule has 0 aliphatic carbocycles. The zero-order valence-electron chi connectivity index (χ0n) is 15.8. The van der Waals surface area contributed by atoms with Crippen LogP contribution in [0.1, 0.15) is 31.1 Å². The molecule has 0 bridgehead atoms. The maximum absolute atomic E-state index is 12.4. The molecule has 0 aromatic heterocycles. The smallest absolute Gasteiger partial charge is 0.257 e. The van der Waals surface area contributed by atoms with Crippen molar-refractivity contribution in [3.63, 3.8) is 0 Å². The molecule has 0 saturated carbocycles. The Hall–Kier alpha value is -2.45. The third kappa shape index (κ3) is 6.94.